The molecule has 2 aromatic carbocycles. The predicted octanol–water partition coefficient (Wildman–Crippen LogP) is 6.44. The Morgan fingerprint density at radius 1 is 1.10 bits per heavy atom. The van der Waals surface area contributed by atoms with E-state index in [0.717, 1.165) is 40.2 Å². The van der Waals surface area contributed by atoms with Gasteiger partial charge in [0, 0.05) is 45.8 Å². The van der Waals surface area contributed by atoms with Crippen molar-refractivity contribution in [3.05, 3.63) is 74.7 Å². The number of halogens is 2. The SMILES string of the molecule is CCCN1C(=O)S/C(=C/c2cn(Cc3ccc(Cl)cc3Cl)c3ccccc23)C1=O. The number of hydrogen-bond donors (Lipinski definition) is 0. The molecule has 1 fully saturated rings. The van der Waals surface area contributed by atoms with Gasteiger partial charge in [-0.3, -0.25) is 14.5 Å². The number of imide groups is 1. The van der Waals surface area contributed by atoms with E-state index in [2.05, 4.69) is 4.57 Å². The fraction of sp³-hybridized carbons (Fsp3) is 0.182. The van der Waals surface area contributed by atoms with Gasteiger partial charge in [-0.2, -0.15) is 0 Å². The van der Waals surface area contributed by atoms with E-state index in [9.17, 15) is 9.59 Å². The Labute approximate surface area is 183 Å². The number of carbonyl (C=O) groups excluding carboxylic acids is 2. The lowest BCUT2D eigenvalue weighted by molar-refractivity contribution is -0.122. The summed E-state index contributed by atoms with van der Waals surface area (Å²) in [5, 5.41) is 2.01. The van der Waals surface area contributed by atoms with Crippen LogP contribution in [0.25, 0.3) is 17.0 Å². The van der Waals surface area contributed by atoms with Crippen molar-refractivity contribution in [1.82, 2.24) is 9.47 Å². The Hall–Kier alpha value is -2.21. The van der Waals surface area contributed by atoms with Gasteiger partial charge in [0.15, 0.2) is 0 Å². The first-order valence-electron chi connectivity index (χ1n) is 9.25. The first kappa shape index (κ1) is 20.1. The zero-order chi connectivity index (χ0) is 20.5. The first-order chi connectivity index (χ1) is 14.0. The minimum absolute atomic E-state index is 0.209. The zero-order valence-corrected chi connectivity index (χ0v) is 18.0. The lowest BCUT2D eigenvalue weighted by Crippen LogP contribution is -2.28. The molecule has 29 heavy (non-hydrogen) atoms. The molecule has 1 aromatic heterocycles. The highest BCUT2D eigenvalue weighted by atomic mass is 35.5. The number of amides is 2. The number of hydrogen-bond acceptors (Lipinski definition) is 3. The summed E-state index contributed by atoms with van der Waals surface area (Å²) in [4.78, 5) is 26.5. The highest BCUT2D eigenvalue weighted by molar-refractivity contribution is 8.18. The van der Waals surface area contributed by atoms with E-state index in [1.807, 2.05) is 55.6 Å². The minimum Gasteiger partial charge on any atom is -0.342 e. The molecule has 0 N–H and O–H groups in total. The summed E-state index contributed by atoms with van der Waals surface area (Å²) < 4.78 is 2.09. The largest absolute Gasteiger partial charge is 0.342 e. The van der Waals surface area contributed by atoms with Crippen molar-refractivity contribution in [2.75, 3.05) is 6.54 Å². The third kappa shape index (κ3) is 3.95. The first-order valence-corrected chi connectivity index (χ1v) is 10.8. The van der Waals surface area contributed by atoms with Crippen molar-refractivity contribution in [2.24, 2.45) is 0 Å². The van der Waals surface area contributed by atoms with E-state index in [1.165, 1.54) is 4.90 Å². The molecule has 1 aliphatic rings. The van der Waals surface area contributed by atoms with Crippen LogP contribution in [0.3, 0.4) is 0 Å². The zero-order valence-electron chi connectivity index (χ0n) is 15.7. The Bertz CT molecular complexity index is 1150. The summed E-state index contributed by atoms with van der Waals surface area (Å²) in [7, 11) is 0. The second-order valence-electron chi connectivity index (χ2n) is 6.80. The highest BCUT2D eigenvalue weighted by Crippen LogP contribution is 2.34. The summed E-state index contributed by atoms with van der Waals surface area (Å²) in [6.07, 6.45) is 4.54. The Kier molecular flexibility index (Phi) is 5.72. The van der Waals surface area contributed by atoms with Crippen molar-refractivity contribution in [3.8, 4) is 0 Å². The summed E-state index contributed by atoms with van der Waals surface area (Å²) in [5.41, 5.74) is 2.87. The quantitative estimate of drug-likeness (QED) is 0.425. The van der Waals surface area contributed by atoms with Crippen LogP contribution in [0.2, 0.25) is 10.0 Å². The Balaban J connectivity index is 1.73. The van der Waals surface area contributed by atoms with E-state index in [1.54, 1.807) is 6.07 Å². The maximum Gasteiger partial charge on any atom is 0.293 e. The average molecular weight is 445 g/mol. The van der Waals surface area contributed by atoms with Gasteiger partial charge in [-0.05, 0) is 48.0 Å². The second-order valence-corrected chi connectivity index (χ2v) is 8.64. The molecule has 1 aliphatic heterocycles. The number of para-hydroxylation sites is 1. The number of rotatable bonds is 5. The van der Waals surface area contributed by atoms with Crippen molar-refractivity contribution < 1.29 is 9.59 Å². The van der Waals surface area contributed by atoms with Gasteiger partial charge in [-0.1, -0.05) is 54.4 Å². The lowest BCUT2D eigenvalue weighted by Gasteiger charge is -2.09. The number of nitrogens with zero attached hydrogens (tertiary/aromatic N) is 2. The molecular weight excluding hydrogens is 427 g/mol. The van der Waals surface area contributed by atoms with Crippen molar-refractivity contribution in [1.29, 1.82) is 0 Å². The van der Waals surface area contributed by atoms with Gasteiger partial charge in [-0.15, -0.1) is 0 Å². The van der Waals surface area contributed by atoms with Gasteiger partial charge in [0.1, 0.15) is 0 Å². The molecule has 3 aromatic rings. The molecule has 0 saturated carbocycles. The molecule has 2 heterocycles. The fourth-order valence-electron chi connectivity index (χ4n) is 3.41. The molecule has 0 spiro atoms. The van der Waals surface area contributed by atoms with Crippen molar-refractivity contribution in [3.63, 3.8) is 0 Å². The summed E-state index contributed by atoms with van der Waals surface area (Å²) in [6, 6.07) is 13.4. The van der Waals surface area contributed by atoms with Crippen molar-refractivity contribution >= 4 is 63.1 Å². The van der Waals surface area contributed by atoms with E-state index < -0.39 is 0 Å². The molecule has 4 nitrogen and oxygen atoms in total. The second kappa shape index (κ2) is 8.27. The molecule has 148 valence electrons. The molecule has 0 bridgehead atoms. The van der Waals surface area contributed by atoms with Crippen LogP contribution in [-0.2, 0) is 11.3 Å². The summed E-state index contributed by atoms with van der Waals surface area (Å²) >= 11 is 13.4. The van der Waals surface area contributed by atoms with Crippen LogP contribution in [0.4, 0.5) is 4.79 Å². The number of thioether (sulfide) groups is 1. The van der Waals surface area contributed by atoms with Crippen LogP contribution in [-0.4, -0.2) is 27.2 Å². The molecule has 4 rings (SSSR count). The fourth-order valence-corrected chi connectivity index (χ4v) is 4.74. The Morgan fingerprint density at radius 3 is 2.66 bits per heavy atom. The molecule has 0 unspecified atom stereocenters. The monoisotopic (exact) mass is 444 g/mol. The molecular formula is C22H18Cl2N2O2S. The molecule has 0 atom stereocenters. The average Bonchev–Trinajstić information content (AvgIpc) is 3.17. The van der Waals surface area contributed by atoms with Gasteiger partial charge in [0.05, 0.1) is 4.91 Å². The van der Waals surface area contributed by atoms with Crippen LogP contribution in [0.1, 0.15) is 24.5 Å². The van der Waals surface area contributed by atoms with Crippen LogP contribution in [0, 0.1) is 0 Å². The van der Waals surface area contributed by atoms with E-state index in [-0.39, 0.29) is 11.1 Å². The summed E-state index contributed by atoms with van der Waals surface area (Å²) in [6.45, 7) is 2.96. The number of fused-ring (bicyclic) bond motifs is 1. The predicted molar refractivity (Wildman–Crippen MR) is 120 cm³/mol. The van der Waals surface area contributed by atoms with Gasteiger partial charge in [-0.25, -0.2) is 0 Å². The maximum atomic E-state index is 12.6. The Morgan fingerprint density at radius 2 is 1.90 bits per heavy atom. The number of carbonyl (C=O) groups is 2. The van der Waals surface area contributed by atoms with E-state index >= 15 is 0 Å². The molecule has 2 amide bonds. The highest BCUT2D eigenvalue weighted by Gasteiger charge is 2.34. The third-order valence-corrected chi connectivity index (χ3v) is 6.28. The van der Waals surface area contributed by atoms with Crippen LogP contribution < -0.4 is 0 Å². The van der Waals surface area contributed by atoms with Gasteiger partial charge >= 0.3 is 0 Å². The molecule has 0 aliphatic carbocycles. The standard InChI is InChI=1S/C22H18Cl2N2O2S/c1-2-9-26-21(27)20(29-22(26)28)10-15-13-25(19-6-4-3-5-17(15)19)12-14-7-8-16(23)11-18(14)24/h3-8,10-11,13H,2,9,12H2,1H3/b20-10+. The smallest absolute Gasteiger partial charge is 0.293 e. The van der Waals surface area contributed by atoms with Gasteiger partial charge in [0.25, 0.3) is 11.1 Å². The van der Waals surface area contributed by atoms with Crippen molar-refractivity contribution in [2.45, 2.75) is 19.9 Å². The molecule has 1 saturated heterocycles. The summed E-state index contributed by atoms with van der Waals surface area (Å²) in [5.74, 6) is -0.223. The van der Waals surface area contributed by atoms with Crippen LogP contribution in [0.5, 0.6) is 0 Å². The van der Waals surface area contributed by atoms with Crippen LogP contribution >= 0.6 is 35.0 Å². The maximum absolute atomic E-state index is 12.6. The number of benzene rings is 2. The third-order valence-electron chi connectivity index (χ3n) is 4.78. The van der Waals surface area contributed by atoms with Crippen LogP contribution in [0.15, 0.2) is 53.6 Å². The van der Waals surface area contributed by atoms with Gasteiger partial charge < -0.3 is 4.57 Å². The van der Waals surface area contributed by atoms with E-state index in [0.29, 0.717) is 28.0 Å². The normalized spacial score (nSPS) is 15.8. The van der Waals surface area contributed by atoms with Gasteiger partial charge in [0.2, 0.25) is 0 Å². The topological polar surface area (TPSA) is 42.3 Å². The van der Waals surface area contributed by atoms with E-state index in [4.69, 9.17) is 23.2 Å². The minimum atomic E-state index is -0.223. The molecule has 0 radical (unpaired) electrons. The lowest BCUT2D eigenvalue weighted by atomic mass is 10.1. The number of aromatic nitrogens is 1. The molecule has 7 heteroatoms.